The fourth-order valence-corrected chi connectivity index (χ4v) is 5.25. The number of carbonyl (C=O) groups excluding carboxylic acids is 3. The third-order valence-corrected chi connectivity index (χ3v) is 8.41. The Morgan fingerprint density at radius 1 is 0.840 bits per heavy atom. The number of rotatable bonds is 17. The first-order valence-corrected chi connectivity index (χ1v) is 16.9. The number of methoxy groups -OCH3 is 1. The number of hydrogen-bond acceptors (Lipinski definition) is 7. The van der Waals surface area contributed by atoms with Gasteiger partial charge in [0.1, 0.15) is 11.5 Å². The highest BCUT2D eigenvalue weighted by molar-refractivity contribution is 6.31. The number of anilines is 1. The number of unbranched alkanes of at least 4 members (excludes halogenated alkanes) is 4. The van der Waals surface area contributed by atoms with E-state index in [1.807, 2.05) is 6.92 Å². The Kier molecular flexibility index (Phi) is 13.9. The van der Waals surface area contributed by atoms with Crippen molar-refractivity contribution in [3.05, 3.63) is 130 Å². The van der Waals surface area contributed by atoms with Crippen LogP contribution in [0.15, 0.2) is 97.3 Å². The molecule has 0 saturated carbocycles. The molecule has 0 spiro atoms. The molecule has 1 atom stereocenters. The average Bonchev–Trinajstić information content (AvgIpc) is 3.11. The number of hydrogen-bond donors (Lipinski definition) is 3. The minimum Gasteiger partial charge on any atom is -0.511 e. The summed E-state index contributed by atoms with van der Waals surface area (Å²) in [5.41, 5.74) is 2.94. The highest BCUT2D eigenvalue weighted by Gasteiger charge is 2.20. The quantitative estimate of drug-likeness (QED) is 0.0436. The summed E-state index contributed by atoms with van der Waals surface area (Å²) < 4.78 is 16.9. The summed E-state index contributed by atoms with van der Waals surface area (Å²) >= 11 is 6.16. The second-order valence-electron chi connectivity index (χ2n) is 11.9. The topological polar surface area (TPSA) is 123 Å². The molecule has 1 unspecified atom stereocenters. The zero-order valence-electron chi connectivity index (χ0n) is 28.6. The molecule has 50 heavy (non-hydrogen) atoms. The van der Waals surface area contributed by atoms with E-state index in [0.29, 0.717) is 45.5 Å². The largest absolute Gasteiger partial charge is 0.511 e. The standard InChI is InChI=1S/C40H43ClN2O7/c1-5-6-7-8-9-21-49-33-18-16-29(17-19-33)40(47)50-36-20-14-28(23-37(36)48-4)22-35(27(3)44)43-39(46)30-11-10-12-32(24-30)42-38(45)31-15-13-26(2)34(41)25-31/h10-20,23-25,35,44H,3,5-9,21-22H2,1-2,4H3,(H,42,45)(H,43,46). The zero-order valence-corrected chi connectivity index (χ0v) is 29.3. The van der Waals surface area contributed by atoms with Gasteiger partial charge in [0.15, 0.2) is 11.5 Å². The van der Waals surface area contributed by atoms with E-state index < -0.39 is 17.9 Å². The van der Waals surface area contributed by atoms with Gasteiger partial charge in [-0.2, -0.15) is 0 Å². The minimum absolute atomic E-state index is 0.163. The first-order valence-electron chi connectivity index (χ1n) is 16.6. The molecule has 10 heteroatoms. The lowest BCUT2D eigenvalue weighted by Gasteiger charge is -2.19. The van der Waals surface area contributed by atoms with E-state index in [9.17, 15) is 19.5 Å². The molecule has 0 aliphatic heterocycles. The van der Waals surface area contributed by atoms with Gasteiger partial charge in [-0.15, -0.1) is 0 Å². The summed E-state index contributed by atoms with van der Waals surface area (Å²) in [4.78, 5) is 38.9. The molecule has 4 rings (SSSR count). The van der Waals surface area contributed by atoms with Gasteiger partial charge in [0.2, 0.25) is 0 Å². The highest BCUT2D eigenvalue weighted by Crippen LogP contribution is 2.30. The Hall–Kier alpha value is -5.28. The molecule has 0 heterocycles. The molecule has 0 fully saturated rings. The van der Waals surface area contributed by atoms with Crippen LogP contribution in [0, 0.1) is 6.92 Å². The second kappa shape index (κ2) is 18.5. The minimum atomic E-state index is -0.856. The normalized spacial score (nSPS) is 11.3. The summed E-state index contributed by atoms with van der Waals surface area (Å²) in [7, 11) is 1.45. The van der Waals surface area contributed by atoms with Gasteiger partial charge in [0.25, 0.3) is 11.8 Å². The van der Waals surface area contributed by atoms with E-state index in [4.69, 9.17) is 25.8 Å². The number of benzene rings is 4. The SMILES string of the molecule is C=C(O)C(Cc1ccc(OC(=O)c2ccc(OCCCCCCC)cc2)c(OC)c1)NC(=O)c1cccc(NC(=O)c2ccc(C)c(Cl)c2)c1. The first kappa shape index (κ1) is 37.5. The first-order chi connectivity index (χ1) is 24.1. The fraction of sp³-hybridized carbons (Fsp3) is 0.275. The maximum absolute atomic E-state index is 13.2. The fourth-order valence-electron chi connectivity index (χ4n) is 5.07. The van der Waals surface area contributed by atoms with Crippen LogP contribution in [-0.2, 0) is 6.42 Å². The van der Waals surface area contributed by atoms with Crippen LogP contribution in [-0.4, -0.2) is 42.6 Å². The van der Waals surface area contributed by atoms with E-state index >= 15 is 0 Å². The lowest BCUT2D eigenvalue weighted by Crippen LogP contribution is -2.37. The van der Waals surface area contributed by atoms with Gasteiger partial charge in [0, 0.05) is 28.3 Å². The number of halogens is 1. The van der Waals surface area contributed by atoms with Gasteiger partial charge in [-0.1, -0.05) is 69.0 Å². The van der Waals surface area contributed by atoms with Crippen LogP contribution < -0.4 is 24.8 Å². The summed E-state index contributed by atoms with van der Waals surface area (Å²) in [6.45, 7) is 8.29. The molecule has 0 saturated heterocycles. The van der Waals surface area contributed by atoms with Crippen LogP contribution in [0.1, 0.15) is 81.2 Å². The molecular formula is C40H43ClN2O7. The van der Waals surface area contributed by atoms with Crippen LogP contribution in [0.25, 0.3) is 0 Å². The summed E-state index contributed by atoms with van der Waals surface area (Å²) in [6, 6.07) is 22.3. The third-order valence-electron chi connectivity index (χ3n) is 8.00. The number of amides is 2. The summed E-state index contributed by atoms with van der Waals surface area (Å²) in [6.07, 6.45) is 5.91. The molecule has 4 aromatic rings. The van der Waals surface area contributed by atoms with E-state index in [0.717, 1.165) is 18.4 Å². The number of aliphatic hydroxyl groups is 1. The predicted molar refractivity (Wildman–Crippen MR) is 196 cm³/mol. The van der Waals surface area contributed by atoms with Crippen LogP contribution >= 0.6 is 11.6 Å². The maximum atomic E-state index is 13.2. The van der Waals surface area contributed by atoms with Crippen molar-refractivity contribution in [3.8, 4) is 17.2 Å². The van der Waals surface area contributed by atoms with Crippen LogP contribution in [0.4, 0.5) is 5.69 Å². The van der Waals surface area contributed by atoms with Crippen molar-refractivity contribution in [2.45, 2.75) is 58.4 Å². The Bertz CT molecular complexity index is 1810. The summed E-state index contributed by atoms with van der Waals surface area (Å²) in [5, 5.41) is 16.4. The Balaban J connectivity index is 1.35. The number of aliphatic hydroxyl groups excluding tert-OH is 1. The van der Waals surface area contributed by atoms with Crippen molar-refractivity contribution in [2.24, 2.45) is 0 Å². The van der Waals surface area contributed by atoms with Gasteiger partial charge < -0.3 is 30.0 Å². The van der Waals surface area contributed by atoms with Gasteiger partial charge in [-0.3, -0.25) is 9.59 Å². The Morgan fingerprint density at radius 2 is 1.56 bits per heavy atom. The molecule has 9 nitrogen and oxygen atoms in total. The number of esters is 1. The van der Waals surface area contributed by atoms with Crippen molar-refractivity contribution in [1.82, 2.24) is 5.32 Å². The Labute approximate surface area is 298 Å². The number of carbonyl (C=O) groups is 3. The molecule has 0 aromatic heterocycles. The molecule has 2 amide bonds. The van der Waals surface area contributed by atoms with E-state index in [1.165, 1.54) is 32.4 Å². The van der Waals surface area contributed by atoms with Crippen LogP contribution in [0.2, 0.25) is 5.02 Å². The molecule has 0 radical (unpaired) electrons. The number of aryl methyl sites for hydroxylation is 1. The van der Waals surface area contributed by atoms with Crippen molar-refractivity contribution in [2.75, 3.05) is 19.0 Å². The van der Waals surface area contributed by atoms with Crippen molar-refractivity contribution in [3.63, 3.8) is 0 Å². The number of ether oxygens (including phenoxy) is 3. The van der Waals surface area contributed by atoms with E-state index in [2.05, 4.69) is 24.1 Å². The zero-order chi connectivity index (χ0) is 36.0. The lowest BCUT2D eigenvalue weighted by atomic mass is 10.0. The third kappa shape index (κ3) is 10.9. The monoisotopic (exact) mass is 698 g/mol. The predicted octanol–water partition coefficient (Wildman–Crippen LogP) is 8.89. The maximum Gasteiger partial charge on any atom is 0.343 e. The van der Waals surface area contributed by atoms with Crippen molar-refractivity contribution < 1.29 is 33.7 Å². The molecule has 4 aromatic carbocycles. The average molecular weight is 699 g/mol. The summed E-state index contributed by atoms with van der Waals surface area (Å²) in [5.74, 6) is -0.473. The Morgan fingerprint density at radius 3 is 2.26 bits per heavy atom. The van der Waals surface area contributed by atoms with Crippen LogP contribution in [0.3, 0.4) is 0 Å². The molecule has 0 bridgehead atoms. The smallest absolute Gasteiger partial charge is 0.343 e. The molecule has 0 aliphatic carbocycles. The lowest BCUT2D eigenvalue weighted by molar-refractivity contribution is 0.0729. The van der Waals surface area contributed by atoms with Gasteiger partial charge in [-0.05, 0) is 91.2 Å². The van der Waals surface area contributed by atoms with Gasteiger partial charge in [-0.25, -0.2) is 4.79 Å². The van der Waals surface area contributed by atoms with Crippen LogP contribution in [0.5, 0.6) is 17.2 Å². The van der Waals surface area contributed by atoms with Gasteiger partial charge in [0.05, 0.1) is 25.3 Å². The number of nitrogens with one attached hydrogen (secondary N) is 2. The van der Waals surface area contributed by atoms with Crippen molar-refractivity contribution >= 4 is 35.1 Å². The molecule has 262 valence electrons. The molecular weight excluding hydrogens is 656 g/mol. The molecule has 3 N–H and O–H groups in total. The van der Waals surface area contributed by atoms with E-state index in [1.54, 1.807) is 78.9 Å². The second-order valence-corrected chi connectivity index (χ2v) is 12.3. The molecule has 0 aliphatic rings. The van der Waals surface area contributed by atoms with Crippen molar-refractivity contribution in [1.29, 1.82) is 0 Å². The highest BCUT2D eigenvalue weighted by atomic mass is 35.5. The van der Waals surface area contributed by atoms with E-state index in [-0.39, 0.29) is 29.4 Å². The van der Waals surface area contributed by atoms with Gasteiger partial charge >= 0.3 is 5.97 Å².